The van der Waals surface area contributed by atoms with Gasteiger partial charge in [-0.25, -0.2) is 4.98 Å². The van der Waals surface area contributed by atoms with Crippen LogP contribution in [0, 0.1) is 13.8 Å². The number of aryl methyl sites for hydroxylation is 1. The van der Waals surface area contributed by atoms with Gasteiger partial charge in [0.2, 0.25) is 0 Å². The van der Waals surface area contributed by atoms with Crippen molar-refractivity contribution in [3.8, 4) is 0 Å². The molecule has 0 fully saturated rings. The van der Waals surface area contributed by atoms with Crippen molar-refractivity contribution in [2.45, 2.75) is 20.4 Å². The normalized spacial score (nSPS) is 10.3. The topological polar surface area (TPSA) is 72.7 Å². The van der Waals surface area contributed by atoms with Crippen LogP contribution < -0.4 is 5.32 Å². The smallest absolute Gasteiger partial charge is 0.253 e. The minimum absolute atomic E-state index is 0.139. The monoisotopic (exact) mass is 245 g/mol. The summed E-state index contributed by atoms with van der Waals surface area (Å²) in [6.45, 7) is 5.23. The number of carbonyl (C=O) groups is 1. The molecule has 0 atom stereocenters. The van der Waals surface area contributed by atoms with Crippen LogP contribution in [-0.4, -0.2) is 32.2 Å². The number of hydrogen-bond acceptors (Lipinski definition) is 4. The molecule has 2 aromatic rings. The Balaban J connectivity index is 1.86. The summed E-state index contributed by atoms with van der Waals surface area (Å²) >= 11 is 0. The third-order valence-corrected chi connectivity index (χ3v) is 2.83. The first-order chi connectivity index (χ1) is 8.68. The van der Waals surface area contributed by atoms with Gasteiger partial charge in [-0.05, 0) is 19.9 Å². The van der Waals surface area contributed by atoms with Gasteiger partial charge in [0.05, 0.1) is 30.0 Å². The highest BCUT2D eigenvalue weighted by molar-refractivity contribution is 5.93. The summed E-state index contributed by atoms with van der Waals surface area (Å²) in [5.41, 5.74) is 2.65. The molecule has 0 aliphatic heterocycles. The fourth-order valence-corrected chi connectivity index (χ4v) is 1.59. The Hall–Kier alpha value is -2.24. The average Bonchev–Trinajstić information content (AvgIpc) is 2.71. The van der Waals surface area contributed by atoms with Crippen molar-refractivity contribution < 1.29 is 4.79 Å². The van der Waals surface area contributed by atoms with E-state index in [1.807, 2.05) is 18.4 Å². The first kappa shape index (κ1) is 12.2. The van der Waals surface area contributed by atoms with E-state index in [0.717, 1.165) is 11.4 Å². The van der Waals surface area contributed by atoms with Crippen LogP contribution in [0.25, 0.3) is 0 Å². The van der Waals surface area contributed by atoms with Crippen LogP contribution in [0.3, 0.4) is 0 Å². The summed E-state index contributed by atoms with van der Waals surface area (Å²) in [7, 11) is 0. The molecule has 6 nitrogen and oxygen atoms in total. The molecule has 0 spiro atoms. The number of rotatable bonds is 4. The van der Waals surface area contributed by atoms with Crippen LogP contribution in [-0.2, 0) is 6.54 Å². The van der Waals surface area contributed by atoms with Crippen molar-refractivity contribution in [3.63, 3.8) is 0 Å². The number of imidazole rings is 1. The molecule has 0 saturated carbocycles. The molecule has 1 N–H and O–H groups in total. The number of nitrogens with zero attached hydrogens (tertiary/aromatic N) is 4. The van der Waals surface area contributed by atoms with Crippen molar-refractivity contribution in [2.75, 3.05) is 6.54 Å². The maximum atomic E-state index is 11.7. The van der Waals surface area contributed by atoms with Gasteiger partial charge in [0, 0.05) is 18.8 Å². The molecule has 0 bridgehead atoms. The number of amides is 1. The Morgan fingerprint density at radius 1 is 1.39 bits per heavy atom. The predicted octanol–water partition coefficient (Wildman–Crippen LogP) is 0.720. The van der Waals surface area contributed by atoms with Gasteiger partial charge in [-0.3, -0.25) is 4.79 Å². The van der Waals surface area contributed by atoms with E-state index < -0.39 is 0 Å². The van der Waals surface area contributed by atoms with E-state index in [4.69, 9.17) is 0 Å². The molecule has 0 aliphatic carbocycles. The van der Waals surface area contributed by atoms with E-state index in [0.29, 0.717) is 18.7 Å². The number of carbonyl (C=O) groups excluding carboxylic acids is 1. The molecule has 2 heterocycles. The van der Waals surface area contributed by atoms with E-state index in [9.17, 15) is 4.79 Å². The zero-order valence-electron chi connectivity index (χ0n) is 10.4. The molecular formula is C12H15N5O. The molecule has 1 amide bonds. The minimum atomic E-state index is -0.139. The highest BCUT2D eigenvalue weighted by Crippen LogP contribution is 2.03. The van der Waals surface area contributed by atoms with Crippen LogP contribution >= 0.6 is 0 Å². The first-order valence-corrected chi connectivity index (χ1v) is 5.71. The van der Waals surface area contributed by atoms with Gasteiger partial charge in [0.15, 0.2) is 0 Å². The van der Waals surface area contributed by atoms with E-state index in [1.54, 1.807) is 12.4 Å². The maximum absolute atomic E-state index is 11.7. The van der Waals surface area contributed by atoms with Gasteiger partial charge in [-0.2, -0.15) is 10.2 Å². The van der Waals surface area contributed by atoms with Gasteiger partial charge in [0.1, 0.15) is 0 Å². The molecule has 0 saturated heterocycles. The molecule has 0 aromatic carbocycles. The van der Waals surface area contributed by atoms with Crippen molar-refractivity contribution in [2.24, 2.45) is 0 Å². The fourth-order valence-electron chi connectivity index (χ4n) is 1.59. The first-order valence-electron chi connectivity index (χ1n) is 5.71. The lowest BCUT2D eigenvalue weighted by molar-refractivity contribution is 0.0951. The van der Waals surface area contributed by atoms with Crippen LogP contribution in [0.5, 0.6) is 0 Å². The summed E-state index contributed by atoms with van der Waals surface area (Å²) in [5.74, 6) is -0.139. The third kappa shape index (κ3) is 2.71. The highest BCUT2D eigenvalue weighted by Gasteiger charge is 2.05. The standard InChI is InChI=1S/C12H15N5O/c1-9-10(2)17(8-14-9)6-5-13-12(18)11-3-4-15-16-7-11/h3-4,7-8H,5-6H2,1-2H3,(H,13,18). The molecule has 18 heavy (non-hydrogen) atoms. The van der Waals surface area contributed by atoms with Gasteiger partial charge >= 0.3 is 0 Å². The lowest BCUT2D eigenvalue weighted by Crippen LogP contribution is -2.27. The van der Waals surface area contributed by atoms with Crippen LogP contribution in [0.4, 0.5) is 0 Å². The average molecular weight is 245 g/mol. The zero-order chi connectivity index (χ0) is 13.0. The van der Waals surface area contributed by atoms with E-state index in [2.05, 4.69) is 20.5 Å². The molecule has 94 valence electrons. The van der Waals surface area contributed by atoms with Crippen molar-refractivity contribution in [1.29, 1.82) is 0 Å². The van der Waals surface area contributed by atoms with Crippen molar-refractivity contribution >= 4 is 5.91 Å². The van der Waals surface area contributed by atoms with Crippen molar-refractivity contribution in [1.82, 2.24) is 25.1 Å². The van der Waals surface area contributed by atoms with Crippen LogP contribution in [0.15, 0.2) is 24.8 Å². The van der Waals surface area contributed by atoms with Crippen LogP contribution in [0.2, 0.25) is 0 Å². The lowest BCUT2D eigenvalue weighted by atomic mass is 10.3. The second kappa shape index (κ2) is 5.39. The molecule has 2 rings (SSSR count). The molecule has 2 aromatic heterocycles. The number of nitrogens with one attached hydrogen (secondary N) is 1. The lowest BCUT2D eigenvalue weighted by Gasteiger charge is -2.07. The van der Waals surface area contributed by atoms with E-state index in [1.165, 1.54) is 12.4 Å². The molecular weight excluding hydrogens is 230 g/mol. The fraction of sp³-hybridized carbons (Fsp3) is 0.333. The maximum Gasteiger partial charge on any atom is 0.253 e. The Morgan fingerprint density at radius 3 is 2.83 bits per heavy atom. The van der Waals surface area contributed by atoms with Crippen LogP contribution in [0.1, 0.15) is 21.7 Å². The summed E-state index contributed by atoms with van der Waals surface area (Å²) in [6.07, 6.45) is 4.73. The summed E-state index contributed by atoms with van der Waals surface area (Å²) in [5, 5.41) is 10.1. The van der Waals surface area contributed by atoms with Crippen molar-refractivity contribution in [3.05, 3.63) is 41.7 Å². The van der Waals surface area contributed by atoms with E-state index in [-0.39, 0.29) is 5.91 Å². The molecule has 6 heteroatoms. The molecule has 0 aliphatic rings. The summed E-state index contributed by atoms with van der Waals surface area (Å²) in [6, 6.07) is 1.63. The summed E-state index contributed by atoms with van der Waals surface area (Å²) in [4.78, 5) is 15.9. The van der Waals surface area contributed by atoms with Gasteiger partial charge in [0.25, 0.3) is 5.91 Å². The largest absolute Gasteiger partial charge is 0.350 e. The molecule has 0 radical (unpaired) electrons. The summed E-state index contributed by atoms with van der Waals surface area (Å²) < 4.78 is 2.01. The Labute approximate surface area is 105 Å². The zero-order valence-corrected chi connectivity index (χ0v) is 10.4. The predicted molar refractivity (Wildman–Crippen MR) is 66.1 cm³/mol. The second-order valence-corrected chi connectivity index (χ2v) is 4.00. The SMILES string of the molecule is Cc1ncn(CCNC(=O)c2ccnnc2)c1C. The number of hydrogen-bond donors (Lipinski definition) is 1. The quantitative estimate of drug-likeness (QED) is 0.861. The Kier molecular flexibility index (Phi) is 3.66. The highest BCUT2D eigenvalue weighted by atomic mass is 16.1. The second-order valence-electron chi connectivity index (χ2n) is 4.00. The van der Waals surface area contributed by atoms with Gasteiger partial charge < -0.3 is 9.88 Å². The Bertz CT molecular complexity index is 535. The third-order valence-electron chi connectivity index (χ3n) is 2.83. The minimum Gasteiger partial charge on any atom is -0.350 e. The van der Waals surface area contributed by atoms with E-state index >= 15 is 0 Å². The number of aromatic nitrogens is 4. The molecule has 0 unspecified atom stereocenters. The van der Waals surface area contributed by atoms with Gasteiger partial charge in [-0.1, -0.05) is 0 Å². The van der Waals surface area contributed by atoms with Gasteiger partial charge in [-0.15, -0.1) is 0 Å². The Morgan fingerprint density at radius 2 is 2.22 bits per heavy atom.